The van der Waals surface area contributed by atoms with Gasteiger partial charge in [-0.1, -0.05) is 30.3 Å². The van der Waals surface area contributed by atoms with Crippen molar-refractivity contribution < 1.29 is 29.5 Å². The Hall–Kier alpha value is -4.79. The van der Waals surface area contributed by atoms with Gasteiger partial charge in [0.05, 0.1) is 22.1 Å². The minimum Gasteiger partial charge on any atom is -0.507 e. The number of nitro groups is 1. The molecule has 0 aliphatic carbocycles. The van der Waals surface area contributed by atoms with E-state index < -0.39 is 28.6 Å². The zero-order chi connectivity index (χ0) is 23.7. The van der Waals surface area contributed by atoms with Crippen LogP contribution in [0, 0.1) is 10.1 Å². The molecule has 9 heteroatoms. The predicted molar refractivity (Wildman–Crippen MR) is 118 cm³/mol. The Bertz CT molecular complexity index is 1300. The Morgan fingerprint density at radius 1 is 0.848 bits per heavy atom. The first kappa shape index (κ1) is 21.4. The fraction of sp³-hybridized carbons (Fsp3) is 0.0417. The second kappa shape index (κ2) is 8.39. The lowest BCUT2D eigenvalue weighted by atomic mass is 9.95. The van der Waals surface area contributed by atoms with Crippen LogP contribution in [-0.2, 0) is 9.59 Å². The summed E-state index contributed by atoms with van der Waals surface area (Å²) in [5.74, 6) is -3.39. The van der Waals surface area contributed by atoms with Gasteiger partial charge in [-0.05, 0) is 42.0 Å². The number of hydrogen-bond donors (Lipinski definition) is 2. The number of hydrogen-bond acceptors (Lipinski definition) is 6. The molecule has 164 valence electrons. The standard InChI is InChI=1S/C24H16N2O7/c27-21(15-4-2-1-3-5-15)19-20(14-6-12-18(13-7-14)26(32)33)25(23(29)22(19)28)17-10-8-16(9-11-17)24(30)31/h1-13,20,27H,(H,30,31)/b21-19+. The molecule has 1 atom stereocenters. The molecular weight excluding hydrogens is 428 g/mol. The van der Waals surface area contributed by atoms with Gasteiger partial charge in [-0.2, -0.15) is 0 Å². The third kappa shape index (κ3) is 3.83. The highest BCUT2D eigenvalue weighted by Crippen LogP contribution is 2.42. The maximum atomic E-state index is 13.0. The van der Waals surface area contributed by atoms with Gasteiger partial charge in [0.1, 0.15) is 5.76 Å². The minimum absolute atomic E-state index is 0.00786. The van der Waals surface area contributed by atoms with Crippen molar-refractivity contribution in [1.82, 2.24) is 0 Å². The molecule has 3 aromatic rings. The highest BCUT2D eigenvalue weighted by molar-refractivity contribution is 6.51. The number of aliphatic hydroxyl groups excluding tert-OH is 1. The molecule has 1 fully saturated rings. The molecule has 1 aliphatic rings. The van der Waals surface area contributed by atoms with Gasteiger partial charge in [0.15, 0.2) is 0 Å². The smallest absolute Gasteiger partial charge is 0.335 e. The quantitative estimate of drug-likeness (QED) is 0.200. The number of nitro benzene ring substituents is 1. The van der Waals surface area contributed by atoms with E-state index >= 15 is 0 Å². The number of rotatable bonds is 5. The molecule has 0 bridgehead atoms. The van der Waals surface area contributed by atoms with Crippen LogP contribution in [0.5, 0.6) is 0 Å². The molecule has 0 radical (unpaired) electrons. The fourth-order valence-electron chi connectivity index (χ4n) is 3.71. The Kier molecular flexibility index (Phi) is 5.45. The summed E-state index contributed by atoms with van der Waals surface area (Å²) in [5.41, 5.74) is 0.555. The molecule has 1 unspecified atom stereocenters. The van der Waals surface area contributed by atoms with Crippen molar-refractivity contribution in [2.75, 3.05) is 4.90 Å². The van der Waals surface area contributed by atoms with Gasteiger partial charge in [-0.15, -0.1) is 0 Å². The minimum atomic E-state index is -1.15. The lowest BCUT2D eigenvalue weighted by molar-refractivity contribution is -0.384. The number of carboxylic acids is 1. The molecule has 1 amide bonds. The molecule has 1 aliphatic heterocycles. The summed E-state index contributed by atoms with van der Waals surface area (Å²) < 4.78 is 0. The van der Waals surface area contributed by atoms with E-state index in [0.29, 0.717) is 11.1 Å². The van der Waals surface area contributed by atoms with Crippen LogP contribution in [0.1, 0.15) is 27.5 Å². The second-order valence-electron chi connectivity index (χ2n) is 7.24. The number of benzene rings is 3. The zero-order valence-electron chi connectivity index (χ0n) is 16.9. The summed E-state index contributed by atoms with van der Waals surface area (Å²) in [4.78, 5) is 48.9. The highest BCUT2D eigenvalue weighted by Gasteiger charge is 2.47. The number of anilines is 1. The number of amides is 1. The molecule has 9 nitrogen and oxygen atoms in total. The van der Waals surface area contributed by atoms with Crippen molar-refractivity contribution in [3.05, 3.63) is 111 Å². The molecular formula is C24H16N2O7. The van der Waals surface area contributed by atoms with Crippen molar-refractivity contribution in [3.63, 3.8) is 0 Å². The van der Waals surface area contributed by atoms with Crippen molar-refractivity contribution in [2.45, 2.75) is 6.04 Å². The van der Waals surface area contributed by atoms with Gasteiger partial charge in [0.25, 0.3) is 17.4 Å². The van der Waals surface area contributed by atoms with Gasteiger partial charge in [0, 0.05) is 23.4 Å². The van der Waals surface area contributed by atoms with Crippen molar-refractivity contribution in [2.24, 2.45) is 0 Å². The number of nitrogens with zero attached hydrogens (tertiary/aromatic N) is 2. The number of carbonyl (C=O) groups is 3. The van der Waals surface area contributed by atoms with Gasteiger partial charge in [-0.25, -0.2) is 4.79 Å². The molecule has 0 saturated carbocycles. The van der Waals surface area contributed by atoms with E-state index in [9.17, 15) is 29.6 Å². The average Bonchev–Trinajstić information content (AvgIpc) is 3.09. The molecule has 33 heavy (non-hydrogen) atoms. The van der Waals surface area contributed by atoms with Gasteiger partial charge in [-0.3, -0.25) is 24.6 Å². The summed E-state index contributed by atoms with van der Waals surface area (Å²) in [7, 11) is 0. The SMILES string of the molecule is O=C1C(=O)N(c2ccc(C(=O)O)cc2)C(c2ccc([N+](=O)[O-])cc2)/C1=C(\O)c1ccccc1. The number of ketones is 1. The zero-order valence-corrected chi connectivity index (χ0v) is 16.9. The van der Waals surface area contributed by atoms with Crippen LogP contribution in [0.4, 0.5) is 11.4 Å². The number of aromatic carboxylic acids is 1. The van der Waals surface area contributed by atoms with Crippen molar-refractivity contribution in [3.8, 4) is 0 Å². The molecule has 2 N–H and O–H groups in total. The normalized spacial score (nSPS) is 17.2. The third-order valence-electron chi connectivity index (χ3n) is 5.30. The van der Waals surface area contributed by atoms with E-state index in [0.717, 1.165) is 4.90 Å². The highest BCUT2D eigenvalue weighted by atomic mass is 16.6. The number of aliphatic hydroxyl groups is 1. The van der Waals surface area contributed by atoms with E-state index in [1.54, 1.807) is 30.3 Å². The van der Waals surface area contributed by atoms with Crippen LogP contribution in [0.15, 0.2) is 84.4 Å². The topological polar surface area (TPSA) is 138 Å². The summed E-state index contributed by atoms with van der Waals surface area (Å²) in [6.45, 7) is 0. The number of carboxylic acid groups (broad SMARTS) is 1. The van der Waals surface area contributed by atoms with E-state index in [1.165, 1.54) is 48.5 Å². The molecule has 4 rings (SSSR count). The maximum Gasteiger partial charge on any atom is 0.335 e. The first-order chi connectivity index (χ1) is 15.8. The van der Waals surface area contributed by atoms with Crippen LogP contribution in [-0.4, -0.2) is 32.8 Å². The van der Waals surface area contributed by atoms with Crippen LogP contribution < -0.4 is 4.90 Å². The van der Waals surface area contributed by atoms with Crippen LogP contribution in [0.3, 0.4) is 0 Å². The first-order valence-electron chi connectivity index (χ1n) is 9.73. The summed E-state index contributed by atoms with van der Waals surface area (Å²) in [6, 6.07) is 17.8. The molecule has 1 heterocycles. The van der Waals surface area contributed by atoms with E-state index in [1.807, 2.05) is 0 Å². The maximum absolute atomic E-state index is 13.0. The Morgan fingerprint density at radius 2 is 1.45 bits per heavy atom. The number of Topliss-reactive ketones (excluding diaryl/α,β-unsaturated/α-hetero) is 1. The lowest BCUT2D eigenvalue weighted by Gasteiger charge is -2.25. The fourth-order valence-corrected chi connectivity index (χ4v) is 3.71. The Labute approximate surface area is 187 Å². The predicted octanol–water partition coefficient (Wildman–Crippen LogP) is 3.92. The first-order valence-corrected chi connectivity index (χ1v) is 9.73. The van der Waals surface area contributed by atoms with Gasteiger partial charge >= 0.3 is 5.97 Å². The largest absolute Gasteiger partial charge is 0.507 e. The molecule has 0 spiro atoms. The van der Waals surface area contributed by atoms with E-state index in [4.69, 9.17) is 5.11 Å². The average molecular weight is 444 g/mol. The van der Waals surface area contributed by atoms with Gasteiger partial charge in [0.2, 0.25) is 0 Å². The Balaban J connectivity index is 1.91. The van der Waals surface area contributed by atoms with E-state index in [2.05, 4.69) is 0 Å². The van der Waals surface area contributed by atoms with Gasteiger partial charge < -0.3 is 10.2 Å². The van der Waals surface area contributed by atoms with Crippen LogP contribution in [0.25, 0.3) is 5.76 Å². The summed E-state index contributed by atoms with van der Waals surface area (Å²) in [5, 5.41) is 31.2. The number of non-ortho nitro benzene ring substituents is 1. The van der Waals surface area contributed by atoms with Crippen LogP contribution in [0.2, 0.25) is 0 Å². The lowest BCUT2D eigenvalue weighted by Crippen LogP contribution is -2.29. The van der Waals surface area contributed by atoms with E-state index in [-0.39, 0.29) is 28.3 Å². The summed E-state index contributed by atoms with van der Waals surface area (Å²) >= 11 is 0. The molecule has 3 aromatic carbocycles. The van der Waals surface area contributed by atoms with Crippen molar-refractivity contribution >= 4 is 34.8 Å². The Morgan fingerprint density at radius 3 is 2.00 bits per heavy atom. The van der Waals surface area contributed by atoms with Crippen molar-refractivity contribution in [1.29, 1.82) is 0 Å². The monoisotopic (exact) mass is 444 g/mol. The molecule has 1 saturated heterocycles. The third-order valence-corrected chi connectivity index (χ3v) is 5.30. The second-order valence-corrected chi connectivity index (χ2v) is 7.24. The number of carbonyl (C=O) groups excluding carboxylic acids is 2. The van der Waals surface area contributed by atoms with Crippen LogP contribution >= 0.6 is 0 Å². The molecule has 0 aromatic heterocycles. The summed E-state index contributed by atoms with van der Waals surface area (Å²) in [6.07, 6.45) is 0.